The fourth-order valence-electron chi connectivity index (χ4n) is 12.2. The van der Waals surface area contributed by atoms with Crippen LogP contribution >= 0.6 is 7.82 Å². The molecule has 0 aromatic heterocycles. The molecule has 518 valence electrons. The normalized spacial score (nSPS) is 13.4. The Hall–Kier alpha value is -1.25. The Kier molecular flexibility index (Phi) is 66.7. The summed E-state index contributed by atoms with van der Waals surface area (Å²) in [7, 11) is 1.22. The number of carbonyl (C=O) groups excluding carboxylic acids is 2. The predicted molar refractivity (Wildman–Crippen MR) is 377 cm³/mol. The van der Waals surface area contributed by atoms with E-state index < -0.39 is 20.0 Å². The molecular weight excluding hydrogens is 1100 g/mol. The lowest BCUT2D eigenvalue weighted by Crippen LogP contribution is -2.47. The molecule has 0 aliphatic carbocycles. The molecule has 0 aliphatic rings. The summed E-state index contributed by atoms with van der Waals surface area (Å²) >= 11 is 0. The van der Waals surface area contributed by atoms with Gasteiger partial charge < -0.3 is 28.5 Å². The van der Waals surface area contributed by atoms with Crippen molar-refractivity contribution in [3.63, 3.8) is 0 Å². The van der Waals surface area contributed by atoms with E-state index in [-0.39, 0.29) is 31.5 Å². The maximum atomic E-state index is 13.6. The summed E-state index contributed by atoms with van der Waals surface area (Å²) in [4.78, 5) is 40.2. The number of hydrogen-bond acceptors (Lipinski definition) is 7. The van der Waals surface area contributed by atoms with Gasteiger partial charge in [0.2, 0.25) is 5.91 Å². The number of rotatable bonds is 73. The van der Waals surface area contributed by atoms with E-state index >= 15 is 0 Å². The largest absolute Gasteiger partial charge is 0.756 e. The minimum Gasteiger partial charge on any atom is -0.756 e. The Balaban J connectivity index is 4.86. The van der Waals surface area contributed by atoms with E-state index in [4.69, 9.17) is 13.8 Å². The number of quaternary nitrogens is 1. The first kappa shape index (κ1) is 85.8. The number of amides is 1. The van der Waals surface area contributed by atoms with E-state index in [1.54, 1.807) is 0 Å². The molecule has 1 amide bonds. The van der Waals surface area contributed by atoms with Gasteiger partial charge in [0.1, 0.15) is 19.3 Å². The van der Waals surface area contributed by atoms with Crippen molar-refractivity contribution in [1.29, 1.82) is 0 Å². The van der Waals surface area contributed by atoms with Crippen LogP contribution in [-0.2, 0) is 27.9 Å². The third-order valence-corrected chi connectivity index (χ3v) is 19.2. The van der Waals surface area contributed by atoms with Crippen LogP contribution in [0.15, 0.2) is 12.2 Å². The van der Waals surface area contributed by atoms with Crippen molar-refractivity contribution >= 4 is 19.7 Å². The van der Waals surface area contributed by atoms with E-state index in [1.165, 1.54) is 327 Å². The molecule has 0 rings (SSSR count). The lowest BCUT2D eigenvalue weighted by Gasteiger charge is -2.30. The summed E-state index contributed by atoms with van der Waals surface area (Å²) in [6, 6.07) is -0.881. The van der Waals surface area contributed by atoms with Crippen LogP contribution in [0.1, 0.15) is 419 Å². The minimum absolute atomic E-state index is 0.0163. The van der Waals surface area contributed by atoms with E-state index in [9.17, 15) is 19.0 Å². The van der Waals surface area contributed by atoms with Gasteiger partial charge in [0.05, 0.1) is 33.8 Å². The second-order valence-electron chi connectivity index (χ2n) is 28.2. The fraction of sp³-hybridized carbons (Fsp3) is 0.948. The van der Waals surface area contributed by atoms with Gasteiger partial charge in [-0.2, -0.15) is 0 Å². The van der Waals surface area contributed by atoms with Crippen LogP contribution in [0.4, 0.5) is 0 Å². The number of unbranched alkanes of at least 4 members (excludes halogenated alkanes) is 57. The minimum atomic E-state index is -4.70. The molecule has 87 heavy (non-hydrogen) atoms. The Morgan fingerprint density at radius 2 is 0.655 bits per heavy atom. The van der Waals surface area contributed by atoms with Crippen molar-refractivity contribution in [1.82, 2.24) is 5.32 Å². The van der Waals surface area contributed by atoms with Gasteiger partial charge in [0.15, 0.2) is 0 Å². The number of hydrogen-bond donors (Lipinski definition) is 1. The molecule has 9 nitrogen and oxygen atoms in total. The van der Waals surface area contributed by atoms with Gasteiger partial charge in [-0.15, -0.1) is 0 Å². The SMILES string of the molecule is CCCCCCCCCCC/C=C/C(OC(=O)CCCCCCCCCCCCCCCCCCCCCCCCCCC)C(COP(=O)([O-])OCC[N+](C)(C)C)NC(=O)CCCCCCCCCCCCCCCCCCCCCCCCCCC. The second kappa shape index (κ2) is 67.6. The number of phosphoric ester groups is 1. The third kappa shape index (κ3) is 68.9. The van der Waals surface area contributed by atoms with Gasteiger partial charge in [-0.3, -0.25) is 14.2 Å². The second-order valence-corrected chi connectivity index (χ2v) is 29.6. The zero-order valence-electron chi connectivity index (χ0n) is 59.5. The van der Waals surface area contributed by atoms with Crippen molar-refractivity contribution in [3.05, 3.63) is 12.2 Å². The van der Waals surface area contributed by atoms with Crippen LogP contribution in [0.3, 0.4) is 0 Å². The zero-order valence-corrected chi connectivity index (χ0v) is 60.4. The number of allylic oxidation sites excluding steroid dienone is 1. The number of phosphoric acid groups is 1. The Bertz CT molecular complexity index is 1490. The van der Waals surface area contributed by atoms with Gasteiger partial charge in [-0.25, -0.2) is 0 Å². The quantitative estimate of drug-likeness (QED) is 0.0212. The van der Waals surface area contributed by atoms with Gasteiger partial charge >= 0.3 is 5.97 Å². The summed E-state index contributed by atoms with van der Waals surface area (Å²) in [5.41, 5.74) is 0. The third-order valence-electron chi connectivity index (χ3n) is 18.2. The van der Waals surface area contributed by atoms with Crippen LogP contribution in [0.5, 0.6) is 0 Å². The summed E-state index contributed by atoms with van der Waals surface area (Å²) in [6.07, 6.45) is 82.2. The van der Waals surface area contributed by atoms with Gasteiger partial charge in [-0.1, -0.05) is 386 Å². The number of likely N-dealkylation sites (N-methyl/N-ethyl adjacent to an activating group) is 1. The average Bonchev–Trinajstić information content (AvgIpc) is 3.70. The van der Waals surface area contributed by atoms with Crippen LogP contribution in [0, 0.1) is 0 Å². The molecule has 0 saturated heterocycles. The van der Waals surface area contributed by atoms with Gasteiger partial charge in [0, 0.05) is 12.8 Å². The van der Waals surface area contributed by atoms with Crippen molar-refractivity contribution in [3.8, 4) is 0 Å². The number of nitrogens with one attached hydrogen (secondary N) is 1. The molecule has 1 N–H and O–H groups in total. The number of nitrogens with zero attached hydrogens (tertiary/aromatic N) is 1. The topological polar surface area (TPSA) is 114 Å². The maximum absolute atomic E-state index is 13.6. The lowest BCUT2D eigenvalue weighted by molar-refractivity contribution is -0.870. The number of ether oxygens (including phenoxy) is 1. The molecular formula is C77H153N2O7P. The molecule has 0 spiro atoms. The summed E-state index contributed by atoms with van der Waals surface area (Å²) in [5.74, 6) is -0.510. The first-order valence-electron chi connectivity index (χ1n) is 39.0. The molecule has 0 bridgehead atoms. The van der Waals surface area contributed by atoms with E-state index in [0.717, 1.165) is 57.8 Å². The molecule has 0 aromatic rings. The van der Waals surface area contributed by atoms with E-state index in [2.05, 4.69) is 26.1 Å². The average molecular weight is 1250 g/mol. The molecule has 0 radical (unpaired) electrons. The first-order chi connectivity index (χ1) is 42.4. The molecule has 10 heteroatoms. The highest BCUT2D eigenvalue weighted by atomic mass is 31.2. The van der Waals surface area contributed by atoms with E-state index in [0.29, 0.717) is 17.4 Å². The first-order valence-corrected chi connectivity index (χ1v) is 40.5. The van der Waals surface area contributed by atoms with Gasteiger partial charge in [0.25, 0.3) is 7.82 Å². The molecule has 3 atom stereocenters. The smallest absolute Gasteiger partial charge is 0.306 e. The highest BCUT2D eigenvalue weighted by molar-refractivity contribution is 7.45. The monoisotopic (exact) mass is 1250 g/mol. The van der Waals surface area contributed by atoms with Crippen molar-refractivity contribution in [2.75, 3.05) is 40.9 Å². The molecule has 0 fully saturated rings. The Morgan fingerprint density at radius 1 is 0.391 bits per heavy atom. The van der Waals surface area contributed by atoms with E-state index in [1.807, 2.05) is 33.3 Å². The zero-order chi connectivity index (χ0) is 63.5. The highest BCUT2D eigenvalue weighted by Gasteiger charge is 2.27. The van der Waals surface area contributed by atoms with Crippen molar-refractivity contribution in [2.24, 2.45) is 0 Å². The van der Waals surface area contributed by atoms with Crippen LogP contribution in [0.2, 0.25) is 0 Å². The van der Waals surface area contributed by atoms with Gasteiger partial charge in [-0.05, 0) is 31.8 Å². The fourth-order valence-corrected chi connectivity index (χ4v) is 13.0. The lowest BCUT2D eigenvalue weighted by atomic mass is 10.0. The van der Waals surface area contributed by atoms with Crippen molar-refractivity contribution < 1.29 is 37.3 Å². The molecule has 0 aliphatic heterocycles. The molecule has 3 unspecified atom stereocenters. The summed E-state index contributed by atoms with van der Waals surface area (Å²) in [6.45, 7) is 6.93. The molecule has 0 saturated carbocycles. The van der Waals surface area contributed by atoms with Crippen LogP contribution in [0.25, 0.3) is 0 Å². The molecule has 0 aromatic carbocycles. The van der Waals surface area contributed by atoms with Crippen LogP contribution < -0.4 is 10.2 Å². The van der Waals surface area contributed by atoms with Crippen LogP contribution in [-0.4, -0.2) is 69.4 Å². The summed E-state index contributed by atoms with van der Waals surface area (Å²) in [5, 5.41) is 3.06. The Morgan fingerprint density at radius 3 is 0.943 bits per heavy atom. The number of carbonyl (C=O) groups is 2. The van der Waals surface area contributed by atoms with Crippen molar-refractivity contribution in [2.45, 2.75) is 431 Å². The highest BCUT2D eigenvalue weighted by Crippen LogP contribution is 2.38. The summed E-state index contributed by atoms with van der Waals surface area (Å²) < 4.78 is 30.5. The maximum Gasteiger partial charge on any atom is 0.306 e. The molecule has 0 heterocycles. The predicted octanol–water partition coefficient (Wildman–Crippen LogP) is 24.4. The Labute approximate surface area is 543 Å². The standard InChI is InChI=1S/C77H153N2O7P/c1-7-10-13-16-19-22-25-27-29-31-33-35-37-39-41-43-45-47-49-51-54-57-60-63-66-69-76(80)78-74(73-85-87(82,83)84-72-71-79(4,5)6)75(68-65-62-59-56-53-24-21-18-15-12-9-3)86-77(81)70-67-64-61-58-55-52-50-48-46-44-42-40-38-36-34-32-30-28-26-23-20-17-14-11-8-2/h65,68,74-75H,7-64,66-67,69-73H2,1-6H3,(H-,78,80,82,83)/b68-65+. The number of esters is 1.